The summed E-state index contributed by atoms with van der Waals surface area (Å²) in [4.78, 5) is 23.0. The van der Waals surface area contributed by atoms with Gasteiger partial charge in [0.2, 0.25) is 0 Å². The third-order valence-corrected chi connectivity index (χ3v) is 3.98. The summed E-state index contributed by atoms with van der Waals surface area (Å²) in [7, 11) is 0. The molecule has 2 saturated carbocycles. The van der Waals surface area contributed by atoms with Gasteiger partial charge in [0.1, 0.15) is 5.54 Å². The Labute approximate surface area is 101 Å². The SMILES string of the molecule is CCC1CC1NC(=O)NC1(C(=O)O)CCCC1. The maximum absolute atomic E-state index is 11.7. The molecule has 0 heterocycles. The third-order valence-electron chi connectivity index (χ3n) is 3.98. The van der Waals surface area contributed by atoms with E-state index in [0.29, 0.717) is 18.8 Å². The lowest BCUT2D eigenvalue weighted by Crippen LogP contribution is -2.55. The van der Waals surface area contributed by atoms with Crippen LogP contribution in [0.4, 0.5) is 4.79 Å². The van der Waals surface area contributed by atoms with Crippen molar-refractivity contribution < 1.29 is 14.7 Å². The van der Waals surface area contributed by atoms with E-state index in [1.165, 1.54) is 0 Å². The summed E-state index contributed by atoms with van der Waals surface area (Å²) in [5.41, 5.74) is -1.03. The average molecular weight is 240 g/mol. The Kier molecular flexibility index (Phi) is 3.26. The van der Waals surface area contributed by atoms with Crippen molar-refractivity contribution >= 4 is 12.0 Å². The van der Waals surface area contributed by atoms with Gasteiger partial charge in [0.15, 0.2) is 0 Å². The zero-order valence-electron chi connectivity index (χ0n) is 10.2. The van der Waals surface area contributed by atoms with Gasteiger partial charge in [-0.1, -0.05) is 26.2 Å². The van der Waals surface area contributed by atoms with Crippen molar-refractivity contribution in [2.45, 2.75) is 57.0 Å². The fraction of sp³-hybridized carbons (Fsp3) is 0.833. The molecule has 96 valence electrons. The van der Waals surface area contributed by atoms with Crippen LogP contribution in [0.2, 0.25) is 0 Å². The van der Waals surface area contributed by atoms with Crippen LogP contribution in [-0.4, -0.2) is 28.7 Å². The van der Waals surface area contributed by atoms with Crippen LogP contribution in [0.3, 0.4) is 0 Å². The minimum Gasteiger partial charge on any atom is -0.480 e. The number of carbonyl (C=O) groups excluding carboxylic acids is 1. The number of urea groups is 1. The molecule has 0 bridgehead atoms. The zero-order valence-corrected chi connectivity index (χ0v) is 10.2. The first-order valence-corrected chi connectivity index (χ1v) is 6.39. The van der Waals surface area contributed by atoms with Crippen LogP contribution in [-0.2, 0) is 4.79 Å². The van der Waals surface area contributed by atoms with E-state index in [2.05, 4.69) is 17.6 Å². The van der Waals surface area contributed by atoms with Crippen LogP contribution in [0.25, 0.3) is 0 Å². The van der Waals surface area contributed by atoms with Gasteiger partial charge in [0.05, 0.1) is 0 Å². The van der Waals surface area contributed by atoms with Crippen LogP contribution in [0.1, 0.15) is 45.4 Å². The van der Waals surface area contributed by atoms with Crippen molar-refractivity contribution in [1.29, 1.82) is 0 Å². The van der Waals surface area contributed by atoms with Crippen LogP contribution in [0, 0.1) is 5.92 Å². The van der Waals surface area contributed by atoms with Gasteiger partial charge in [-0.3, -0.25) is 0 Å². The van der Waals surface area contributed by atoms with Gasteiger partial charge in [-0.05, 0) is 25.2 Å². The first kappa shape index (κ1) is 12.2. The van der Waals surface area contributed by atoms with Crippen LogP contribution >= 0.6 is 0 Å². The highest BCUT2D eigenvalue weighted by molar-refractivity contribution is 5.86. The molecule has 0 spiro atoms. The molecule has 2 atom stereocenters. The Morgan fingerprint density at radius 2 is 2.00 bits per heavy atom. The summed E-state index contributed by atoms with van der Waals surface area (Å²) in [6, 6.07) is -0.0810. The smallest absolute Gasteiger partial charge is 0.329 e. The van der Waals surface area contributed by atoms with Crippen LogP contribution in [0.15, 0.2) is 0 Å². The number of rotatable bonds is 4. The molecule has 2 unspecified atom stereocenters. The molecule has 2 aliphatic rings. The molecule has 0 saturated heterocycles. The fourth-order valence-electron chi connectivity index (χ4n) is 2.67. The van der Waals surface area contributed by atoms with Crippen molar-refractivity contribution in [1.82, 2.24) is 10.6 Å². The molecule has 2 aliphatic carbocycles. The predicted molar refractivity (Wildman–Crippen MR) is 62.7 cm³/mol. The lowest BCUT2D eigenvalue weighted by Gasteiger charge is -2.25. The molecule has 2 fully saturated rings. The number of hydrogen-bond acceptors (Lipinski definition) is 2. The summed E-state index contributed by atoms with van der Waals surface area (Å²) < 4.78 is 0. The predicted octanol–water partition coefficient (Wildman–Crippen LogP) is 1.48. The molecule has 2 amide bonds. The van der Waals surface area contributed by atoms with Crippen molar-refractivity contribution in [3.63, 3.8) is 0 Å². The van der Waals surface area contributed by atoms with Gasteiger partial charge < -0.3 is 15.7 Å². The van der Waals surface area contributed by atoms with Gasteiger partial charge in [0, 0.05) is 6.04 Å². The second-order valence-electron chi connectivity index (χ2n) is 5.20. The van der Waals surface area contributed by atoms with Gasteiger partial charge in [-0.2, -0.15) is 0 Å². The van der Waals surface area contributed by atoms with E-state index in [-0.39, 0.29) is 12.1 Å². The summed E-state index contributed by atoms with van der Waals surface area (Å²) in [6.07, 6.45) is 4.90. The van der Waals surface area contributed by atoms with Crippen molar-refractivity contribution in [3.8, 4) is 0 Å². The molecule has 5 heteroatoms. The monoisotopic (exact) mass is 240 g/mol. The maximum atomic E-state index is 11.7. The van der Waals surface area contributed by atoms with E-state index in [1.807, 2.05) is 0 Å². The highest BCUT2D eigenvalue weighted by Gasteiger charge is 2.44. The molecule has 5 nitrogen and oxygen atoms in total. The van der Waals surface area contributed by atoms with Crippen molar-refractivity contribution in [2.24, 2.45) is 5.92 Å². The number of carbonyl (C=O) groups is 2. The van der Waals surface area contributed by atoms with Gasteiger partial charge in [-0.25, -0.2) is 9.59 Å². The summed E-state index contributed by atoms with van der Waals surface area (Å²) in [5, 5.41) is 14.7. The third kappa shape index (κ3) is 2.53. The van der Waals surface area contributed by atoms with E-state index >= 15 is 0 Å². The molecule has 0 aromatic carbocycles. The number of carboxylic acid groups (broad SMARTS) is 1. The molecule has 0 radical (unpaired) electrons. The first-order valence-electron chi connectivity index (χ1n) is 6.39. The number of hydrogen-bond donors (Lipinski definition) is 3. The van der Waals surface area contributed by atoms with E-state index in [0.717, 1.165) is 25.7 Å². The van der Waals surface area contributed by atoms with Gasteiger partial charge in [0.25, 0.3) is 0 Å². The molecule has 0 aliphatic heterocycles. The maximum Gasteiger partial charge on any atom is 0.329 e. The second kappa shape index (κ2) is 4.55. The average Bonchev–Trinajstić information content (AvgIpc) is 2.83. The molecular weight excluding hydrogens is 220 g/mol. The highest BCUT2D eigenvalue weighted by Crippen LogP contribution is 2.33. The normalized spacial score (nSPS) is 29.7. The molecule has 0 aromatic heterocycles. The Morgan fingerprint density at radius 1 is 1.35 bits per heavy atom. The van der Waals surface area contributed by atoms with E-state index in [4.69, 9.17) is 0 Å². The number of carboxylic acids is 1. The van der Waals surface area contributed by atoms with Crippen LogP contribution < -0.4 is 10.6 Å². The number of amides is 2. The Hall–Kier alpha value is -1.26. The lowest BCUT2D eigenvalue weighted by molar-refractivity contribution is -0.144. The Balaban J connectivity index is 1.86. The number of aliphatic carboxylic acids is 1. The van der Waals surface area contributed by atoms with Crippen molar-refractivity contribution in [2.75, 3.05) is 0 Å². The Bertz CT molecular complexity index is 324. The Morgan fingerprint density at radius 3 is 2.47 bits per heavy atom. The first-order chi connectivity index (χ1) is 8.07. The molecular formula is C12H20N2O3. The second-order valence-corrected chi connectivity index (χ2v) is 5.20. The summed E-state index contributed by atoms with van der Waals surface area (Å²) in [5.74, 6) is -0.335. The van der Waals surface area contributed by atoms with Gasteiger partial charge in [-0.15, -0.1) is 0 Å². The summed E-state index contributed by atoms with van der Waals surface area (Å²) in [6.45, 7) is 2.10. The van der Waals surface area contributed by atoms with E-state index in [9.17, 15) is 14.7 Å². The topological polar surface area (TPSA) is 78.4 Å². The summed E-state index contributed by atoms with van der Waals surface area (Å²) >= 11 is 0. The van der Waals surface area contributed by atoms with E-state index in [1.54, 1.807) is 0 Å². The highest BCUT2D eigenvalue weighted by atomic mass is 16.4. The van der Waals surface area contributed by atoms with Gasteiger partial charge >= 0.3 is 12.0 Å². The molecule has 2 rings (SSSR count). The molecule has 3 N–H and O–H groups in total. The minimum atomic E-state index is -1.03. The molecule has 17 heavy (non-hydrogen) atoms. The minimum absolute atomic E-state index is 0.243. The zero-order chi connectivity index (χ0) is 12.5. The molecule has 0 aromatic rings. The number of nitrogens with one attached hydrogen (secondary N) is 2. The van der Waals surface area contributed by atoms with Crippen molar-refractivity contribution in [3.05, 3.63) is 0 Å². The quantitative estimate of drug-likeness (QED) is 0.696. The fourth-order valence-corrected chi connectivity index (χ4v) is 2.67. The standard InChI is InChI=1S/C12H20N2O3/c1-2-8-7-9(8)13-11(17)14-12(10(15)16)5-3-4-6-12/h8-9H,2-7H2,1H3,(H,15,16)(H2,13,14,17). The van der Waals surface area contributed by atoms with Crippen LogP contribution in [0.5, 0.6) is 0 Å². The van der Waals surface area contributed by atoms with E-state index < -0.39 is 11.5 Å². The lowest BCUT2D eigenvalue weighted by atomic mass is 9.98. The largest absolute Gasteiger partial charge is 0.480 e.